The van der Waals surface area contributed by atoms with Crippen LogP contribution in [0.2, 0.25) is 0 Å². The van der Waals surface area contributed by atoms with Crippen LogP contribution in [0.25, 0.3) is 0 Å². The summed E-state index contributed by atoms with van der Waals surface area (Å²) in [7, 11) is 0. The quantitative estimate of drug-likeness (QED) is 0.691. The average Bonchev–Trinajstić information content (AvgIpc) is 2.21. The van der Waals surface area contributed by atoms with Gasteiger partial charge >= 0.3 is 12.1 Å². The third-order valence-corrected chi connectivity index (χ3v) is 3.13. The zero-order chi connectivity index (χ0) is 14.5. The first-order valence-corrected chi connectivity index (χ1v) is 5.90. The summed E-state index contributed by atoms with van der Waals surface area (Å²) in [5.74, 6) is -1.46. The Labute approximate surface area is 108 Å². The molecule has 1 fully saturated rings. The van der Waals surface area contributed by atoms with Gasteiger partial charge in [-0.05, 0) is 12.8 Å². The number of alkyl halides is 3. The van der Waals surface area contributed by atoms with Crippen molar-refractivity contribution in [1.82, 2.24) is 5.32 Å². The first kappa shape index (κ1) is 15.7. The lowest BCUT2D eigenvalue weighted by molar-refractivity contribution is -0.174. The van der Waals surface area contributed by atoms with E-state index in [0.717, 1.165) is 6.42 Å². The molecule has 0 aromatic rings. The largest absolute Gasteiger partial charge is 0.481 e. The van der Waals surface area contributed by atoms with Gasteiger partial charge in [-0.3, -0.25) is 9.59 Å². The van der Waals surface area contributed by atoms with Crippen molar-refractivity contribution in [2.75, 3.05) is 19.8 Å². The lowest BCUT2D eigenvalue weighted by Crippen LogP contribution is -2.47. The van der Waals surface area contributed by atoms with Crippen LogP contribution in [0.15, 0.2) is 0 Å². The molecule has 0 aliphatic heterocycles. The normalized spacial score (nSPS) is 17.6. The van der Waals surface area contributed by atoms with Gasteiger partial charge < -0.3 is 15.2 Å². The van der Waals surface area contributed by atoms with Crippen LogP contribution in [0.1, 0.15) is 25.7 Å². The molecule has 0 saturated heterocycles. The molecule has 1 amide bonds. The summed E-state index contributed by atoms with van der Waals surface area (Å²) >= 11 is 0. The molecule has 110 valence electrons. The third kappa shape index (κ3) is 5.06. The molecule has 0 atom stereocenters. The number of halogens is 3. The van der Waals surface area contributed by atoms with Crippen LogP contribution >= 0.6 is 0 Å². The maximum atomic E-state index is 11.7. The molecule has 1 aliphatic rings. The summed E-state index contributed by atoms with van der Waals surface area (Å²) in [6.07, 6.45) is -2.81. The summed E-state index contributed by atoms with van der Waals surface area (Å²) in [5.41, 5.74) is -0.900. The Balaban J connectivity index is 2.16. The second-order valence-electron chi connectivity index (χ2n) is 4.63. The van der Waals surface area contributed by atoms with Crippen molar-refractivity contribution in [3.8, 4) is 0 Å². The molecule has 5 nitrogen and oxygen atoms in total. The number of carboxylic acids is 1. The predicted octanol–water partition coefficient (Wildman–Crippen LogP) is 1.33. The van der Waals surface area contributed by atoms with Crippen molar-refractivity contribution in [2.24, 2.45) is 5.41 Å². The second-order valence-corrected chi connectivity index (χ2v) is 4.63. The molecule has 0 aromatic heterocycles. The van der Waals surface area contributed by atoms with Crippen LogP contribution < -0.4 is 5.32 Å². The van der Waals surface area contributed by atoms with Crippen molar-refractivity contribution >= 4 is 11.9 Å². The molecule has 2 N–H and O–H groups in total. The number of ether oxygens (including phenoxy) is 1. The van der Waals surface area contributed by atoms with Gasteiger partial charge in [0.25, 0.3) is 0 Å². The van der Waals surface area contributed by atoms with Crippen LogP contribution in [-0.4, -0.2) is 42.9 Å². The molecule has 8 heteroatoms. The van der Waals surface area contributed by atoms with Gasteiger partial charge in [-0.1, -0.05) is 6.42 Å². The Morgan fingerprint density at radius 1 is 1.32 bits per heavy atom. The standard InChI is InChI=1S/C11H16F3NO4/c12-11(13,14)7-19-5-2-8(16)15-6-10(9(17)18)3-1-4-10/h1-7H2,(H,15,16)(H,17,18). The van der Waals surface area contributed by atoms with E-state index in [1.165, 1.54) is 0 Å². The second kappa shape index (κ2) is 6.23. The molecule has 1 aliphatic carbocycles. The highest BCUT2D eigenvalue weighted by Crippen LogP contribution is 2.40. The fourth-order valence-corrected chi connectivity index (χ4v) is 1.78. The number of carbonyl (C=O) groups is 2. The highest BCUT2D eigenvalue weighted by atomic mass is 19.4. The summed E-state index contributed by atoms with van der Waals surface area (Å²) in [5, 5.41) is 11.4. The van der Waals surface area contributed by atoms with Gasteiger partial charge in [0.15, 0.2) is 0 Å². The monoisotopic (exact) mass is 283 g/mol. The van der Waals surface area contributed by atoms with Crippen molar-refractivity contribution in [2.45, 2.75) is 31.9 Å². The highest BCUT2D eigenvalue weighted by molar-refractivity contribution is 5.79. The molecule has 1 rings (SSSR count). The average molecular weight is 283 g/mol. The van der Waals surface area contributed by atoms with Gasteiger partial charge in [0.2, 0.25) is 5.91 Å². The fourth-order valence-electron chi connectivity index (χ4n) is 1.78. The van der Waals surface area contributed by atoms with Crippen LogP contribution in [-0.2, 0) is 14.3 Å². The van der Waals surface area contributed by atoms with Crippen molar-refractivity contribution in [1.29, 1.82) is 0 Å². The lowest BCUT2D eigenvalue weighted by atomic mass is 9.69. The minimum atomic E-state index is -4.41. The third-order valence-electron chi connectivity index (χ3n) is 3.13. The molecule has 0 aromatic carbocycles. The van der Waals surface area contributed by atoms with Gasteiger partial charge in [0.1, 0.15) is 6.61 Å². The van der Waals surface area contributed by atoms with Gasteiger partial charge in [-0.15, -0.1) is 0 Å². The number of amides is 1. The van der Waals surface area contributed by atoms with E-state index in [4.69, 9.17) is 5.11 Å². The molecule has 1 saturated carbocycles. The Bertz CT molecular complexity index is 339. The van der Waals surface area contributed by atoms with Crippen molar-refractivity contribution in [3.05, 3.63) is 0 Å². The topological polar surface area (TPSA) is 75.6 Å². The number of rotatable bonds is 7. The van der Waals surface area contributed by atoms with Gasteiger partial charge in [-0.25, -0.2) is 0 Å². The van der Waals surface area contributed by atoms with Gasteiger partial charge in [0.05, 0.1) is 12.0 Å². The van der Waals surface area contributed by atoms with E-state index in [2.05, 4.69) is 10.1 Å². The molecule has 0 bridgehead atoms. The van der Waals surface area contributed by atoms with Crippen molar-refractivity contribution < 1.29 is 32.6 Å². The number of hydrogen-bond acceptors (Lipinski definition) is 3. The molecule has 0 spiro atoms. The number of carboxylic acid groups (broad SMARTS) is 1. The number of carbonyl (C=O) groups excluding carboxylic acids is 1. The molecular weight excluding hydrogens is 267 g/mol. The van der Waals surface area contributed by atoms with E-state index in [1.54, 1.807) is 0 Å². The number of nitrogens with one attached hydrogen (secondary N) is 1. The SMILES string of the molecule is O=C(CCOCC(F)(F)F)NCC1(C(=O)O)CCC1. The fraction of sp³-hybridized carbons (Fsp3) is 0.818. The van der Waals surface area contributed by atoms with E-state index in [0.29, 0.717) is 12.8 Å². The van der Waals surface area contributed by atoms with Crippen LogP contribution in [0, 0.1) is 5.41 Å². The molecule has 0 unspecified atom stereocenters. The zero-order valence-corrected chi connectivity index (χ0v) is 10.3. The Kier molecular flexibility index (Phi) is 5.16. The first-order valence-electron chi connectivity index (χ1n) is 5.90. The maximum absolute atomic E-state index is 11.7. The van der Waals surface area contributed by atoms with Crippen molar-refractivity contribution in [3.63, 3.8) is 0 Å². The Morgan fingerprint density at radius 3 is 2.37 bits per heavy atom. The summed E-state index contributed by atoms with van der Waals surface area (Å²) in [4.78, 5) is 22.3. The van der Waals surface area contributed by atoms with E-state index >= 15 is 0 Å². The van der Waals surface area contributed by atoms with E-state index < -0.39 is 30.1 Å². The maximum Gasteiger partial charge on any atom is 0.411 e. The first-order chi connectivity index (χ1) is 8.75. The number of aliphatic carboxylic acids is 1. The lowest BCUT2D eigenvalue weighted by Gasteiger charge is -2.37. The summed E-state index contributed by atoms with van der Waals surface area (Å²) in [6.45, 7) is -1.72. The summed E-state index contributed by atoms with van der Waals surface area (Å²) in [6, 6.07) is 0. The van der Waals surface area contributed by atoms with E-state index in [9.17, 15) is 22.8 Å². The minimum absolute atomic E-state index is 0.0143. The Morgan fingerprint density at radius 2 is 1.95 bits per heavy atom. The smallest absolute Gasteiger partial charge is 0.411 e. The van der Waals surface area contributed by atoms with E-state index in [1.807, 2.05) is 0 Å². The predicted molar refractivity (Wildman–Crippen MR) is 58.4 cm³/mol. The van der Waals surface area contributed by atoms with Crippen LogP contribution in [0.3, 0.4) is 0 Å². The van der Waals surface area contributed by atoms with Crippen LogP contribution in [0.4, 0.5) is 13.2 Å². The van der Waals surface area contributed by atoms with Gasteiger partial charge in [0, 0.05) is 13.0 Å². The molecule has 0 radical (unpaired) electrons. The Hall–Kier alpha value is -1.31. The molecule has 19 heavy (non-hydrogen) atoms. The van der Waals surface area contributed by atoms with Gasteiger partial charge in [-0.2, -0.15) is 13.2 Å². The minimum Gasteiger partial charge on any atom is -0.481 e. The summed E-state index contributed by atoms with van der Waals surface area (Å²) < 4.78 is 39.5. The van der Waals surface area contributed by atoms with Crippen LogP contribution in [0.5, 0.6) is 0 Å². The number of hydrogen-bond donors (Lipinski definition) is 2. The zero-order valence-electron chi connectivity index (χ0n) is 10.3. The highest BCUT2D eigenvalue weighted by Gasteiger charge is 2.44. The van der Waals surface area contributed by atoms with E-state index in [-0.39, 0.29) is 19.6 Å². The molecule has 0 heterocycles. The molecular formula is C11H16F3NO4.